The van der Waals surface area contributed by atoms with Crippen LogP contribution < -0.4 is 5.32 Å². The van der Waals surface area contributed by atoms with Crippen LogP contribution in [0.5, 0.6) is 0 Å². The second-order valence-electron chi connectivity index (χ2n) is 3.70. The van der Waals surface area contributed by atoms with E-state index in [1.54, 1.807) is 4.90 Å². The summed E-state index contributed by atoms with van der Waals surface area (Å²) >= 11 is 0. The molecule has 0 bridgehead atoms. The summed E-state index contributed by atoms with van der Waals surface area (Å²) in [6, 6.07) is 2.04. The van der Waals surface area contributed by atoms with Crippen LogP contribution >= 0.6 is 0 Å². The minimum Gasteiger partial charge on any atom is -0.357 e. The van der Waals surface area contributed by atoms with Gasteiger partial charge in [-0.05, 0) is 18.6 Å². The average molecular weight is 209 g/mol. The number of amides is 1. The Morgan fingerprint density at radius 1 is 1.60 bits per heavy atom. The van der Waals surface area contributed by atoms with Crippen molar-refractivity contribution in [3.63, 3.8) is 0 Å². The fourth-order valence-corrected chi connectivity index (χ4v) is 1.29. The van der Waals surface area contributed by atoms with Crippen molar-refractivity contribution in [3.05, 3.63) is 24.0 Å². The number of hydrogen-bond donors (Lipinski definition) is 1. The van der Waals surface area contributed by atoms with E-state index >= 15 is 0 Å². The fraction of sp³-hybridized carbons (Fsp3) is 0.545. The van der Waals surface area contributed by atoms with E-state index in [0.29, 0.717) is 6.54 Å². The summed E-state index contributed by atoms with van der Waals surface area (Å²) in [5.74, 6) is 0.133. The molecule has 0 atom stereocenters. The first-order chi connectivity index (χ1) is 7.13. The van der Waals surface area contributed by atoms with E-state index < -0.39 is 0 Å². The summed E-state index contributed by atoms with van der Waals surface area (Å²) in [5, 5.41) is 3.13. The lowest BCUT2D eigenvalue weighted by Crippen LogP contribution is -2.35. The van der Waals surface area contributed by atoms with Crippen LogP contribution in [0.15, 0.2) is 18.5 Å². The number of aromatic nitrogens is 1. The van der Waals surface area contributed by atoms with Crippen molar-refractivity contribution in [1.29, 1.82) is 0 Å². The molecule has 4 heteroatoms. The second kappa shape index (κ2) is 5.56. The Kier molecular flexibility index (Phi) is 4.37. The van der Waals surface area contributed by atoms with Gasteiger partial charge in [0, 0.05) is 39.6 Å². The molecule has 1 aromatic heterocycles. The summed E-state index contributed by atoms with van der Waals surface area (Å²) < 4.78 is 2.00. The summed E-state index contributed by atoms with van der Waals surface area (Å²) in [4.78, 5) is 13.1. The average Bonchev–Trinajstić information content (AvgIpc) is 2.63. The lowest BCUT2D eigenvalue weighted by atomic mass is 10.3. The Morgan fingerprint density at radius 2 is 2.33 bits per heavy atom. The zero-order chi connectivity index (χ0) is 11.3. The Morgan fingerprint density at radius 3 is 2.87 bits per heavy atom. The number of nitrogens with one attached hydrogen (secondary N) is 1. The van der Waals surface area contributed by atoms with Gasteiger partial charge in [0.2, 0.25) is 5.91 Å². The van der Waals surface area contributed by atoms with Gasteiger partial charge in [0.25, 0.3) is 0 Å². The van der Waals surface area contributed by atoms with E-state index in [1.807, 2.05) is 44.0 Å². The molecule has 0 radical (unpaired) electrons. The van der Waals surface area contributed by atoms with Crippen LogP contribution in [-0.2, 0) is 18.4 Å². The maximum atomic E-state index is 11.4. The maximum absolute atomic E-state index is 11.4. The van der Waals surface area contributed by atoms with Crippen molar-refractivity contribution >= 4 is 5.91 Å². The summed E-state index contributed by atoms with van der Waals surface area (Å²) in [5.41, 5.74) is 1.20. The summed E-state index contributed by atoms with van der Waals surface area (Å²) in [6.45, 7) is 3.87. The molecule has 0 aliphatic heterocycles. The molecule has 1 N–H and O–H groups in total. The van der Waals surface area contributed by atoms with Crippen LogP contribution in [0.25, 0.3) is 0 Å². The van der Waals surface area contributed by atoms with Crippen molar-refractivity contribution in [2.75, 3.05) is 20.1 Å². The van der Waals surface area contributed by atoms with Crippen molar-refractivity contribution in [2.24, 2.45) is 7.05 Å². The topological polar surface area (TPSA) is 37.3 Å². The van der Waals surface area contributed by atoms with Gasteiger partial charge >= 0.3 is 0 Å². The third-order valence-corrected chi connectivity index (χ3v) is 2.40. The van der Waals surface area contributed by atoms with E-state index in [9.17, 15) is 4.79 Å². The molecule has 0 fully saturated rings. The van der Waals surface area contributed by atoms with Crippen molar-refractivity contribution in [2.45, 2.75) is 13.5 Å². The van der Waals surface area contributed by atoms with Gasteiger partial charge in [-0.3, -0.25) is 4.79 Å². The number of likely N-dealkylation sites (N-methyl/N-ethyl adjacent to an activating group) is 1. The molecule has 1 amide bonds. The lowest BCUT2D eigenvalue weighted by Gasteiger charge is -2.14. The molecule has 0 aliphatic carbocycles. The molecule has 0 aromatic carbocycles. The molecule has 84 valence electrons. The van der Waals surface area contributed by atoms with Gasteiger partial charge in [-0.25, -0.2) is 0 Å². The molecular formula is C11H19N3O. The second-order valence-corrected chi connectivity index (χ2v) is 3.70. The predicted molar refractivity (Wildman–Crippen MR) is 60.4 cm³/mol. The number of rotatable bonds is 5. The first-order valence-corrected chi connectivity index (χ1v) is 5.19. The van der Waals surface area contributed by atoms with Gasteiger partial charge in [-0.1, -0.05) is 0 Å². The van der Waals surface area contributed by atoms with Crippen LogP contribution in [0, 0.1) is 0 Å². The number of carbonyl (C=O) groups is 1. The molecule has 0 saturated heterocycles. The molecule has 1 rings (SSSR count). The van der Waals surface area contributed by atoms with Crippen molar-refractivity contribution in [1.82, 2.24) is 14.8 Å². The number of nitrogens with zero attached hydrogens (tertiary/aromatic N) is 2. The SMILES string of the molecule is CCN(C)C(=O)CNCc1ccn(C)c1. The molecule has 0 aliphatic rings. The highest BCUT2D eigenvalue weighted by Gasteiger charge is 2.05. The molecule has 0 unspecified atom stereocenters. The quantitative estimate of drug-likeness (QED) is 0.771. The Hall–Kier alpha value is -1.29. The molecule has 4 nitrogen and oxygen atoms in total. The van der Waals surface area contributed by atoms with Crippen LogP contribution in [0.2, 0.25) is 0 Å². The molecule has 15 heavy (non-hydrogen) atoms. The van der Waals surface area contributed by atoms with E-state index in [4.69, 9.17) is 0 Å². The van der Waals surface area contributed by atoms with E-state index in [2.05, 4.69) is 5.32 Å². The van der Waals surface area contributed by atoms with E-state index in [0.717, 1.165) is 13.1 Å². The normalized spacial score (nSPS) is 10.3. The van der Waals surface area contributed by atoms with E-state index in [-0.39, 0.29) is 5.91 Å². The standard InChI is InChI=1S/C11H19N3O/c1-4-14(3)11(15)8-12-7-10-5-6-13(2)9-10/h5-6,9,12H,4,7-8H2,1-3H3. The molecule has 1 aromatic rings. The lowest BCUT2D eigenvalue weighted by molar-refractivity contribution is -0.128. The highest BCUT2D eigenvalue weighted by molar-refractivity contribution is 5.77. The third kappa shape index (κ3) is 3.75. The molecule has 0 saturated carbocycles. The zero-order valence-corrected chi connectivity index (χ0v) is 9.66. The fourth-order valence-electron chi connectivity index (χ4n) is 1.29. The van der Waals surface area contributed by atoms with Gasteiger partial charge in [0.1, 0.15) is 0 Å². The zero-order valence-electron chi connectivity index (χ0n) is 9.66. The third-order valence-electron chi connectivity index (χ3n) is 2.40. The molecular weight excluding hydrogens is 190 g/mol. The highest BCUT2D eigenvalue weighted by Crippen LogP contribution is 1.98. The summed E-state index contributed by atoms with van der Waals surface area (Å²) in [6.07, 6.45) is 4.04. The first kappa shape index (κ1) is 11.8. The van der Waals surface area contributed by atoms with Crippen LogP contribution in [0.4, 0.5) is 0 Å². The van der Waals surface area contributed by atoms with Gasteiger partial charge in [0.05, 0.1) is 6.54 Å². The minimum absolute atomic E-state index is 0.133. The smallest absolute Gasteiger partial charge is 0.236 e. The van der Waals surface area contributed by atoms with E-state index in [1.165, 1.54) is 5.56 Å². The monoisotopic (exact) mass is 209 g/mol. The van der Waals surface area contributed by atoms with Gasteiger partial charge in [-0.2, -0.15) is 0 Å². The van der Waals surface area contributed by atoms with Gasteiger partial charge in [-0.15, -0.1) is 0 Å². The van der Waals surface area contributed by atoms with Crippen molar-refractivity contribution in [3.8, 4) is 0 Å². The Bertz CT molecular complexity index is 319. The number of hydrogen-bond acceptors (Lipinski definition) is 2. The highest BCUT2D eigenvalue weighted by atomic mass is 16.2. The first-order valence-electron chi connectivity index (χ1n) is 5.19. The Labute approximate surface area is 90.9 Å². The van der Waals surface area contributed by atoms with Crippen molar-refractivity contribution < 1.29 is 4.79 Å². The summed E-state index contributed by atoms with van der Waals surface area (Å²) in [7, 11) is 3.80. The number of carbonyl (C=O) groups excluding carboxylic acids is 1. The number of aryl methyl sites for hydroxylation is 1. The van der Waals surface area contributed by atoms with Crippen LogP contribution in [0.1, 0.15) is 12.5 Å². The predicted octanol–water partition coefficient (Wildman–Crippen LogP) is 0.593. The van der Waals surface area contributed by atoms with Gasteiger partial charge in [0.15, 0.2) is 0 Å². The largest absolute Gasteiger partial charge is 0.357 e. The minimum atomic E-state index is 0.133. The Balaban J connectivity index is 2.24. The molecule has 0 spiro atoms. The molecule has 1 heterocycles. The maximum Gasteiger partial charge on any atom is 0.236 e. The van der Waals surface area contributed by atoms with Crippen LogP contribution in [-0.4, -0.2) is 35.5 Å². The van der Waals surface area contributed by atoms with Gasteiger partial charge < -0.3 is 14.8 Å². The van der Waals surface area contributed by atoms with Crippen LogP contribution in [0.3, 0.4) is 0 Å².